The Labute approximate surface area is 80.5 Å². The van der Waals surface area contributed by atoms with Crippen LogP contribution in [0.3, 0.4) is 0 Å². The van der Waals surface area contributed by atoms with E-state index in [9.17, 15) is 0 Å². The van der Waals surface area contributed by atoms with Gasteiger partial charge in [0.25, 0.3) is 0 Å². The van der Waals surface area contributed by atoms with Gasteiger partial charge in [-0.15, -0.1) is 0 Å². The third-order valence-electron chi connectivity index (χ3n) is 0.667. The zero-order chi connectivity index (χ0) is 5.86. The topological polar surface area (TPSA) is 12.0 Å². The van der Waals surface area contributed by atoms with Gasteiger partial charge in [-0.05, 0) is 0 Å². The van der Waals surface area contributed by atoms with E-state index in [4.69, 9.17) is 0 Å². The zero-order valence-corrected chi connectivity index (χ0v) is 8.91. The summed E-state index contributed by atoms with van der Waals surface area (Å²) in [6.07, 6.45) is 0. The third kappa shape index (κ3) is 17.6. The molecule has 52 valence electrons. The maximum atomic E-state index is 3.31. The van der Waals surface area contributed by atoms with E-state index in [2.05, 4.69) is 33.0 Å². The molecule has 0 radical (unpaired) electrons. The molecule has 0 aliphatic heterocycles. The van der Waals surface area contributed by atoms with Crippen LogP contribution in [0.15, 0.2) is 0 Å². The standard InChI is InChI=1S/C6H15N.ClH.Mg/c1-5(2)7-6(3)4;;/h5-7H,1-4H3;1H;/q;;+2/p-1. The monoisotopic (exact) mass is 160 g/mol. The Morgan fingerprint density at radius 1 is 0.889 bits per heavy atom. The second kappa shape index (κ2) is 9.02. The first-order chi connectivity index (χ1) is 3.13. The second-order valence-corrected chi connectivity index (χ2v) is 2.48. The van der Waals surface area contributed by atoms with Crippen molar-refractivity contribution in [1.29, 1.82) is 0 Å². The zero-order valence-electron chi connectivity index (χ0n) is 6.74. The molecule has 0 rings (SSSR count). The van der Waals surface area contributed by atoms with Gasteiger partial charge in [0, 0.05) is 12.1 Å². The molecule has 0 aromatic rings. The third-order valence-corrected chi connectivity index (χ3v) is 0.667. The van der Waals surface area contributed by atoms with Crippen LogP contribution in [0.2, 0.25) is 0 Å². The van der Waals surface area contributed by atoms with Crippen molar-refractivity contribution < 1.29 is 12.4 Å². The Morgan fingerprint density at radius 2 is 1.11 bits per heavy atom. The van der Waals surface area contributed by atoms with Gasteiger partial charge in [0.2, 0.25) is 0 Å². The molecular formula is C6H15ClMgN+. The molecular weight excluding hydrogens is 146 g/mol. The second-order valence-electron chi connectivity index (χ2n) is 2.48. The number of hydrogen-bond acceptors (Lipinski definition) is 1. The van der Waals surface area contributed by atoms with Crippen molar-refractivity contribution in [2.75, 3.05) is 0 Å². The molecule has 0 aliphatic rings. The van der Waals surface area contributed by atoms with Crippen LogP contribution in [-0.2, 0) is 0 Å². The average molecular weight is 161 g/mol. The van der Waals surface area contributed by atoms with Gasteiger partial charge < -0.3 is 17.7 Å². The van der Waals surface area contributed by atoms with Gasteiger partial charge in [-0.3, -0.25) is 0 Å². The van der Waals surface area contributed by atoms with Gasteiger partial charge in [-0.25, -0.2) is 0 Å². The first-order valence-electron chi connectivity index (χ1n) is 2.89. The van der Waals surface area contributed by atoms with E-state index in [1.54, 1.807) is 0 Å². The van der Waals surface area contributed by atoms with Crippen LogP contribution < -0.4 is 17.7 Å². The molecule has 0 spiro atoms. The Morgan fingerprint density at radius 3 is 1.11 bits per heavy atom. The average Bonchev–Trinajstić information content (AvgIpc) is 1.27. The maximum absolute atomic E-state index is 3.31. The van der Waals surface area contributed by atoms with Crippen molar-refractivity contribution in [3.8, 4) is 0 Å². The van der Waals surface area contributed by atoms with Crippen LogP contribution in [0.4, 0.5) is 0 Å². The van der Waals surface area contributed by atoms with Gasteiger partial charge in [0.05, 0.1) is 0 Å². The summed E-state index contributed by atoms with van der Waals surface area (Å²) < 4.78 is 0. The molecule has 1 N–H and O–H groups in total. The van der Waals surface area contributed by atoms with Crippen molar-refractivity contribution in [2.24, 2.45) is 0 Å². The van der Waals surface area contributed by atoms with Crippen LogP contribution in [0.25, 0.3) is 0 Å². The van der Waals surface area contributed by atoms with Crippen molar-refractivity contribution in [1.82, 2.24) is 5.32 Å². The molecule has 0 unspecified atom stereocenters. The predicted molar refractivity (Wildman–Crippen MR) is 39.2 cm³/mol. The summed E-state index contributed by atoms with van der Waals surface area (Å²) in [5.74, 6) is 0. The van der Waals surface area contributed by atoms with Crippen molar-refractivity contribution >= 4 is 23.1 Å². The van der Waals surface area contributed by atoms with E-state index in [0.717, 1.165) is 0 Å². The van der Waals surface area contributed by atoms with Gasteiger partial charge in [0.1, 0.15) is 0 Å². The van der Waals surface area contributed by atoms with Crippen LogP contribution in [0.1, 0.15) is 27.7 Å². The van der Waals surface area contributed by atoms with E-state index < -0.39 is 0 Å². The minimum Gasteiger partial charge on any atom is -1.00 e. The SMILES string of the molecule is CC(C)NC(C)C.[Cl-].[Mg+2]. The number of halogens is 1. The molecule has 0 amide bonds. The summed E-state index contributed by atoms with van der Waals surface area (Å²) in [7, 11) is 0. The Balaban J connectivity index is -0.000000180. The first-order valence-corrected chi connectivity index (χ1v) is 2.89. The van der Waals surface area contributed by atoms with Crippen molar-refractivity contribution in [3.63, 3.8) is 0 Å². The Bertz CT molecular complexity index is 42.3. The summed E-state index contributed by atoms with van der Waals surface area (Å²) >= 11 is 0. The molecule has 0 aromatic carbocycles. The van der Waals surface area contributed by atoms with Gasteiger partial charge >= 0.3 is 23.1 Å². The minimum absolute atomic E-state index is 0. The number of hydrogen-bond donors (Lipinski definition) is 1. The molecule has 0 fully saturated rings. The number of rotatable bonds is 2. The largest absolute Gasteiger partial charge is 2.00 e. The van der Waals surface area contributed by atoms with Crippen molar-refractivity contribution in [3.05, 3.63) is 0 Å². The van der Waals surface area contributed by atoms with Crippen LogP contribution in [0.5, 0.6) is 0 Å². The summed E-state index contributed by atoms with van der Waals surface area (Å²) in [4.78, 5) is 0. The fourth-order valence-corrected chi connectivity index (χ4v) is 0.667. The van der Waals surface area contributed by atoms with E-state index >= 15 is 0 Å². The van der Waals surface area contributed by atoms with Gasteiger partial charge in [-0.2, -0.15) is 0 Å². The quantitative estimate of drug-likeness (QED) is 0.462. The summed E-state index contributed by atoms with van der Waals surface area (Å²) in [6.45, 7) is 8.61. The molecule has 0 aliphatic carbocycles. The summed E-state index contributed by atoms with van der Waals surface area (Å²) in [6, 6.07) is 1.25. The maximum Gasteiger partial charge on any atom is 2.00 e. The molecule has 1 nitrogen and oxygen atoms in total. The van der Waals surface area contributed by atoms with E-state index in [1.807, 2.05) is 0 Å². The molecule has 0 heterocycles. The fourth-order valence-electron chi connectivity index (χ4n) is 0.667. The molecule has 0 saturated carbocycles. The van der Waals surface area contributed by atoms with E-state index in [1.165, 1.54) is 0 Å². The normalized spacial score (nSPS) is 8.67. The fraction of sp³-hybridized carbons (Fsp3) is 1.00. The predicted octanol–water partition coefficient (Wildman–Crippen LogP) is -1.98. The smallest absolute Gasteiger partial charge is 1.00 e. The molecule has 0 aromatic heterocycles. The summed E-state index contributed by atoms with van der Waals surface area (Å²) in [5, 5.41) is 3.31. The van der Waals surface area contributed by atoms with E-state index in [0.29, 0.717) is 12.1 Å². The van der Waals surface area contributed by atoms with Crippen molar-refractivity contribution in [2.45, 2.75) is 39.8 Å². The van der Waals surface area contributed by atoms with Crippen LogP contribution in [0, 0.1) is 0 Å². The van der Waals surface area contributed by atoms with Crippen LogP contribution in [-0.4, -0.2) is 35.1 Å². The number of nitrogens with one attached hydrogen (secondary N) is 1. The van der Waals surface area contributed by atoms with Gasteiger partial charge in [-0.1, -0.05) is 27.7 Å². The van der Waals surface area contributed by atoms with E-state index in [-0.39, 0.29) is 35.5 Å². The molecule has 3 heteroatoms. The Hall–Kier alpha value is 1.02. The first kappa shape index (κ1) is 16.5. The molecule has 9 heavy (non-hydrogen) atoms. The Kier molecular flexibility index (Phi) is 16.6. The molecule has 0 saturated heterocycles. The van der Waals surface area contributed by atoms with Crippen LogP contribution >= 0.6 is 0 Å². The summed E-state index contributed by atoms with van der Waals surface area (Å²) in [5.41, 5.74) is 0. The molecule has 0 bridgehead atoms. The van der Waals surface area contributed by atoms with Gasteiger partial charge in [0.15, 0.2) is 0 Å². The minimum atomic E-state index is 0. The molecule has 0 atom stereocenters.